The van der Waals surface area contributed by atoms with Gasteiger partial charge in [0.2, 0.25) is 0 Å². The van der Waals surface area contributed by atoms with Gasteiger partial charge in [-0.1, -0.05) is 0 Å². The largest absolute Gasteiger partial charge is 0.393 e. The summed E-state index contributed by atoms with van der Waals surface area (Å²) in [5.41, 5.74) is 3.98. The summed E-state index contributed by atoms with van der Waals surface area (Å²) in [7, 11) is 0. The molecule has 0 amide bonds. The number of hydrogen-bond acceptors (Lipinski definition) is 1. The van der Waals surface area contributed by atoms with Crippen molar-refractivity contribution < 1.29 is 10.8 Å². The summed E-state index contributed by atoms with van der Waals surface area (Å²) < 4.78 is 0. The van der Waals surface area contributed by atoms with Crippen molar-refractivity contribution in [2.24, 2.45) is 0 Å². The van der Waals surface area contributed by atoms with Crippen LogP contribution in [0.5, 0.6) is 0 Å². The maximum atomic E-state index is 9.18. The predicted molar refractivity (Wildman–Crippen MR) is 35.8 cm³/mol. The molecule has 1 aliphatic rings. The molecule has 2 nitrogen and oxygen atoms in total. The van der Waals surface area contributed by atoms with E-state index in [1.807, 2.05) is 0 Å². The molecule has 0 spiro atoms. The smallest absolute Gasteiger partial charge is 0.0844 e. The highest BCUT2D eigenvalue weighted by Crippen LogP contribution is 2.14. The van der Waals surface area contributed by atoms with Crippen LogP contribution < -0.4 is 5.73 Å². The fraction of sp³-hybridized carbons (Fsp3) is 1.00. The molecular formula is C7H16NO+. The van der Waals surface area contributed by atoms with Gasteiger partial charge in [0.1, 0.15) is 0 Å². The van der Waals surface area contributed by atoms with E-state index in [4.69, 9.17) is 0 Å². The lowest BCUT2D eigenvalue weighted by Gasteiger charge is -2.02. The highest BCUT2D eigenvalue weighted by atomic mass is 16.3. The first kappa shape index (κ1) is 7.03. The van der Waals surface area contributed by atoms with Crippen molar-refractivity contribution in [3.8, 4) is 0 Å². The van der Waals surface area contributed by atoms with Crippen LogP contribution in [0.25, 0.3) is 0 Å². The van der Waals surface area contributed by atoms with Gasteiger partial charge in [-0.2, -0.15) is 0 Å². The van der Waals surface area contributed by atoms with Crippen LogP contribution in [0.4, 0.5) is 0 Å². The second-order valence-corrected chi connectivity index (χ2v) is 3.03. The fourth-order valence-corrected chi connectivity index (χ4v) is 1.36. The Morgan fingerprint density at radius 2 is 1.89 bits per heavy atom. The zero-order chi connectivity index (χ0) is 6.69. The van der Waals surface area contributed by atoms with Gasteiger partial charge in [-0.3, -0.25) is 0 Å². The average Bonchev–Trinajstić information content (AvgIpc) is 1.97. The van der Waals surface area contributed by atoms with Crippen molar-refractivity contribution in [1.29, 1.82) is 0 Å². The zero-order valence-corrected chi connectivity index (χ0v) is 5.84. The van der Waals surface area contributed by atoms with Gasteiger partial charge < -0.3 is 10.8 Å². The summed E-state index contributed by atoms with van der Waals surface area (Å²) in [6.07, 6.45) is 5.41. The second-order valence-electron chi connectivity index (χ2n) is 3.03. The molecule has 2 atom stereocenters. The molecule has 0 bridgehead atoms. The van der Waals surface area contributed by atoms with Crippen molar-refractivity contribution in [2.45, 2.75) is 44.2 Å². The number of aliphatic hydroxyl groups excluding tert-OH is 1. The highest BCUT2D eigenvalue weighted by Gasteiger charge is 2.15. The Morgan fingerprint density at radius 3 is 2.67 bits per heavy atom. The van der Waals surface area contributed by atoms with E-state index < -0.39 is 0 Å². The molecular weight excluding hydrogens is 114 g/mol. The standard InChI is InChI=1S/C7H15NO/c8-6-2-1-3-7(9)5-4-6/h6-7,9H,1-5,8H2/p+1/t6-,7+/m1/s1. The van der Waals surface area contributed by atoms with Crippen molar-refractivity contribution in [3.05, 3.63) is 0 Å². The van der Waals surface area contributed by atoms with E-state index in [2.05, 4.69) is 5.73 Å². The van der Waals surface area contributed by atoms with Gasteiger partial charge in [0.05, 0.1) is 12.1 Å². The Balaban J connectivity index is 2.25. The van der Waals surface area contributed by atoms with E-state index in [1.165, 1.54) is 6.42 Å². The Kier molecular flexibility index (Phi) is 2.49. The Morgan fingerprint density at radius 1 is 1.11 bits per heavy atom. The number of quaternary nitrogens is 1. The molecule has 0 radical (unpaired) electrons. The molecule has 1 rings (SSSR count). The molecule has 0 aliphatic heterocycles. The van der Waals surface area contributed by atoms with Crippen molar-refractivity contribution in [3.63, 3.8) is 0 Å². The summed E-state index contributed by atoms with van der Waals surface area (Å²) >= 11 is 0. The van der Waals surface area contributed by atoms with Crippen LogP contribution in [0.3, 0.4) is 0 Å². The summed E-state index contributed by atoms with van der Waals surface area (Å²) in [5, 5.41) is 9.18. The topological polar surface area (TPSA) is 47.9 Å². The molecule has 0 heterocycles. The number of aliphatic hydroxyl groups is 1. The van der Waals surface area contributed by atoms with Crippen LogP contribution in [-0.4, -0.2) is 17.3 Å². The first-order valence-corrected chi connectivity index (χ1v) is 3.80. The molecule has 4 N–H and O–H groups in total. The monoisotopic (exact) mass is 130 g/mol. The van der Waals surface area contributed by atoms with Gasteiger partial charge in [0.25, 0.3) is 0 Å². The summed E-state index contributed by atoms with van der Waals surface area (Å²) in [5.74, 6) is 0. The van der Waals surface area contributed by atoms with Crippen LogP contribution in [0.2, 0.25) is 0 Å². The summed E-state index contributed by atoms with van der Waals surface area (Å²) in [6, 6.07) is 0.599. The molecule has 1 fully saturated rings. The first-order chi connectivity index (χ1) is 4.29. The van der Waals surface area contributed by atoms with E-state index in [0.29, 0.717) is 6.04 Å². The van der Waals surface area contributed by atoms with Gasteiger partial charge in [0, 0.05) is 6.42 Å². The molecule has 2 heteroatoms. The number of hydrogen-bond donors (Lipinski definition) is 2. The van der Waals surface area contributed by atoms with E-state index in [0.717, 1.165) is 25.7 Å². The lowest BCUT2D eigenvalue weighted by Crippen LogP contribution is -2.60. The lowest BCUT2D eigenvalue weighted by molar-refractivity contribution is -0.422. The molecule has 54 valence electrons. The van der Waals surface area contributed by atoms with E-state index in [9.17, 15) is 5.11 Å². The molecule has 9 heavy (non-hydrogen) atoms. The third kappa shape index (κ3) is 2.33. The fourth-order valence-electron chi connectivity index (χ4n) is 1.36. The minimum absolute atomic E-state index is 0.0308. The van der Waals surface area contributed by atoms with Gasteiger partial charge in [-0.25, -0.2) is 0 Å². The molecule has 0 aromatic heterocycles. The summed E-state index contributed by atoms with van der Waals surface area (Å²) in [6.45, 7) is 0. The quantitative estimate of drug-likeness (QED) is 0.443. The SMILES string of the molecule is [NH3+][C@@H]1CCC[C@H](O)CC1. The maximum Gasteiger partial charge on any atom is 0.0844 e. The van der Waals surface area contributed by atoms with Crippen molar-refractivity contribution >= 4 is 0 Å². The summed E-state index contributed by atoms with van der Waals surface area (Å²) in [4.78, 5) is 0. The molecule has 1 saturated carbocycles. The third-order valence-electron chi connectivity index (χ3n) is 2.06. The van der Waals surface area contributed by atoms with Gasteiger partial charge in [-0.05, 0) is 25.7 Å². The Bertz CT molecular complexity index is 75.0. The second kappa shape index (κ2) is 3.18. The average molecular weight is 130 g/mol. The van der Waals surface area contributed by atoms with Crippen LogP contribution in [0.1, 0.15) is 32.1 Å². The minimum atomic E-state index is -0.0308. The normalized spacial score (nSPS) is 38.0. The molecule has 0 saturated heterocycles. The van der Waals surface area contributed by atoms with Gasteiger partial charge in [-0.15, -0.1) is 0 Å². The van der Waals surface area contributed by atoms with Crippen LogP contribution >= 0.6 is 0 Å². The Hall–Kier alpha value is -0.0800. The maximum absolute atomic E-state index is 9.18. The highest BCUT2D eigenvalue weighted by molar-refractivity contribution is 4.66. The van der Waals surface area contributed by atoms with Gasteiger partial charge in [0.15, 0.2) is 0 Å². The van der Waals surface area contributed by atoms with E-state index in [1.54, 1.807) is 0 Å². The van der Waals surface area contributed by atoms with Gasteiger partial charge >= 0.3 is 0 Å². The molecule has 1 aliphatic carbocycles. The van der Waals surface area contributed by atoms with Crippen LogP contribution in [-0.2, 0) is 0 Å². The Labute approximate surface area is 56.1 Å². The predicted octanol–water partition coefficient (Wildman–Crippen LogP) is -0.0781. The first-order valence-electron chi connectivity index (χ1n) is 3.80. The minimum Gasteiger partial charge on any atom is -0.393 e. The van der Waals surface area contributed by atoms with Crippen LogP contribution in [0.15, 0.2) is 0 Å². The lowest BCUT2D eigenvalue weighted by atomic mass is 10.1. The molecule has 0 aromatic rings. The van der Waals surface area contributed by atoms with E-state index >= 15 is 0 Å². The van der Waals surface area contributed by atoms with Crippen molar-refractivity contribution in [2.75, 3.05) is 0 Å². The molecule has 0 unspecified atom stereocenters. The van der Waals surface area contributed by atoms with Crippen molar-refractivity contribution in [1.82, 2.24) is 0 Å². The number of rotatable bonds is 0. The van der Waals surface area contributed by atoms with Crippen LogP contribution in [0, 0.1) is 0 Å². The zero-order valence-electron chi connectivity index (χ0n) is 5.84. The van der Waals surface area contributed by atoms with E-state index in [-0.39, 0.29) is 6.10 Å². The molecule has 0 aromatic carbocycles. The third-order valence-corrected chi connectivity index (χ3v) is 2.06.